The van der Waals surface area contributed by atoms with Crippen LogP contribution in [0.4, 0.5) is 0 Å². The Morgan fingerprint density at radius 3 is 2.95 bits per heavy atom. The molecule has 0 aromatic carbocycles. The second-order valence-corrected chi connectivity index (χ2v) is 5.67. The van der Waals surface area contributed by atoms with Crippen LogP contribution in [-0.2, 0) is 9.53 Å². The second kappa shape index (κ2) is 6.16. The highest BCUT2D eigenvalue weighted by Crippen LogP contribution is 2.19. The Morgan fingerprint density at radius 1 is 1.53 bits per heavy atom. The van der Waals surface area contributed by atoms with Crippen LogP contribution in [0.5, 0.6) is 0 Å². The lowest BCUT2D eigenvalue weighted by molar-refractivity contribution is -0.149. The summed E-state index contributed by atoms with van der Waals surface area (Å²) in [6.07, 6.45) is 0. The third-order valence-electron chi connectivity index (χ3n) is 3.01. The van der Waals surface area contributed by atoms with Crippen LogP contribution in [-0.4, -0.2) is 49.1 Å². The van der Waals surface area contributed by atoms with Gasteiger partial charge in [0.2, 0.25) is 0 Å². The van der Waals surface area contributed by atoms with E-state index < -0.39 is 6.04 Å². The molecule has 1 aliphatic rings. The highest BCUT2D eigenvalue weighted by atomic mass is 32.1. The number of nitrogens with zero attached hydrogens (tertiary/aromatic N) is 1. The fourth-order valence-corrected chi connectivity index (χ4v) is 2.91. The minimum Gasteiger partial charge on any atom is -0.464 e. The summed E-state index contributed by atoms with van der Waals surface area (Å²) < 4.78 is 5.03. The van der Waals surface area contributed by atoms with Gasteiger partial charge >= 0.3 is 5.97 Å². The van der Waals surface area contributed by atoms with Crippen molar-refractivity contribution >= 4 is 23.2 Å². The molecule has 0 aliphatic carbocycles. The van der Waals surface area contributed by atoms with Crippen molar-refractivity contribution in [2.45, 2.75) is 19.9 Å². The van der Waals surface area contributed by atoms with Crippen LogP contribution in [0.1, 0.15) is 21.5 Å². The van der Waals surface area contributed by atoms with Gasteiger partial charge < -0.3 is 15.0 Å². The number of hydrogen-bond donors (Lipinski definition) is 1. The Hall–Kier alpha value is -1.40. The van der Waals surface area contributed by atoms with Crippen LogP contribution in [0.15, 0.2) is 12.1 Å². The van der Waals surface area contributed by atoms with Gasteiger partial charge in [-0.25, -0.2) is 4.79 Å². The van der Waals surface area contributed by atoms with Crippen molar-refractivity contribution in [1.82, 2.24) is 10.2 Å². The number of nitrogens with one attached hydrogen (secondary N) is 1. The van der Waals surface area contributed by atoms with Gasteiger partial charge in [-0.3, -0.25) is 4.79 Å². The molecule has 1 aromatic rings. The van der Waals surface area contributed by atoms with Crippen LogP contribution >= 0.6 is 11.3 Å². The van der Waals surface area contributed by atoms with Gasteiger partial charge in [0.05, 0.1) is 11.5 Å². The lowest BCUT2D eigenvalue weighted by atomic mass is 10.2. The van der Waals surface area contributed by atoms with Crippen molar-refractivity contribution < 1.29 is 14.3 Å². The number of hydrogen-bond acceptors (Lipinski definition) is 5. The molecule has 2 heterocycles. The van der Waals surface area contributed by atoms with Gasteiger partial charge in [0.1, 0.15) is 6.04 Å². The van der Waals surface area contributed by atoms with Gasteiger partial charge in [0.15, 0.2) is 0 Å². The average molecular weight is 282 g/mol. The third-order valence-corrected chi connectivity index (χ3v) is 4.00. The number of rotatable bonds is 3. The van der Waals surface area contributed by atoms with E-state index in [-0.39, 0.29) is 11.9 Å². The number of carbonyl (C=O) groups is 2. The van der Waals surface area contributed by atoms with Crippen LogP contribution in [0.3, 0.4) is 0 Å². The molecule has 2 rings (SSSR count). The number of thiophene rings is 1. The molecule has 1 amide bonds. The van der Waals surface area contributed by atoms with Gasteiger partial charge in [-0.1, -0.05) is 0 Å². The molecule has 6 heteroatoms. The zero-order valence-electron chi connectivity index (χ0n) is 11.1. The molecule has 1 aliphatic heterocycles. The van der Waals surface area contributed by atoms with E-state index in [4.69, 9.17) is 4.74 Å². The van der Waals surface area contributed by atoms with E-state index in [9.17, 15) is 9.59 Å². The van der Waals surface area contributed by atoms with E-state index in [0.717, 1.165) is 4.88 Å². The summed E-state index contributed by atoms with van der Waals surface area (Å²) in [5.74, 6) is -0.422. The molecular formula is C13H18N2O3S. The number of ether oxygens (including phenoxy) is 1. The highest BCUT2D eigenvalue weighted by molar-refractivity contribution is 7.13. The van der Waals surface area contributed by atoms with E-state index in [0.29, 0.717) is 31.1 Å². The molecule has 104 valence electrons. The molecule has 1 aromatic heterocycles. The quantitative estimate of drug-likeness (QED) is 0.841. The Labute approximate surface area is 116 Å². The topological polar surface area (TPSA) is 58.6 Å². The first-order valence-corrected chi connectivity index (χ1v) is 7.20. The maximum Gasteiger partial charge on any atom is 0.330 e. The van der Waals surface area contributed by atoms with E-state index >= 15 is 0 Å². The van der Waals surface area contributed by atoms with Crippen molar-refractivity contribution in [2.24, 2.45) is 0 Å². The summed E-state index contributed by atoms with van der Waals surface area (Å²) in [5, 5.41) is 3.12. The van der Waals surface area contributed by atoms with E-state index in [1.807, 2.05) is 19.1 Å². The molecule has 0 spiro atoms. The molecule has 5 nitrogen and oxygen atoms in total. The van der Waals surface area contributed by atoms with Crippen molar-refractivity contribution in [1.29, 1.82) is 0 Å². The number of carbonyl (C=O) groups excluding carboxylic acids is 2. The summed E-state index contributed by atoms with van der Waals surface area (Å²) in [4.78, 5) is 27.7. The maximum absolute atomic E-state index is 12.4. The summed E-state index contributed by atoms with van der Waals surface area (Å²) in [7, 11) is 0. The summed E-state index contributed by atoms with van der Waals surface area (Å²) in [6.45, 7) is 5.74. The standard InChI is InChI=1S/C13H18N2O3S/c1-3-18-13(17)10-8-14-6-7-15(10)12(16)11-5-4-9(2)19-11/h4-5,10,14H,3,6-8H2,1-2H3. The second-order valence-electron chi connectivity index (χ2n) is 4.38. The van der Waals surface area contributed by atoms with E-state index in [1.54, 1.807) is 11.8 Å². The van der Waals surface area contributed by atoms with Crippen LogP contribution in [0.2, 0.25) is 0 Å². The molecule has 19 heavy (non-hydrogen) atoms. The molecule has 1 N–H and O–H groups in total. The first-order chi connectivity index (χ1) is 9.13. The monoisotopic (exact) mass is 282 g/mol. The molecular weight excluding hydrogens is 264 g/mol. The summed E-state index contributed by atoms with van der Waals surface area (Å²) in [6, 6.07) is 3.20. The van der Waals surface area contributed by atoms with E-state index in [1.165, 1.54) is 11.3 Å². The van der Waals surface area contributed by atoms with Crippen molar-refractivity contribution in [3.63, 3.8) is 0 Å². The van der Waals surface area contributed by atoms with Gasteiger partial charge in [-0.15, -0.1) is 11.3 Å². The third kappa shape index (κ3) is 3.13. The van der Waals surface area contributed by atoms with Gasteiger partial charge in [-0.2, -0.15) is 0 Å². The predicted octanol–water partition coefficient (Wildman–Crippen LogP) is 1.03. The minimum absolute atomic E-state index is 0.0855. The Bertz CT molecular complexity index is 472. The highest BCUT2D eigenvalue weighted by Gasteiger charge is 2.33. The van der Waals surface area contributed by atoms with Gasteiger partial charge in [0, 0.05) is 24.5 Å². The van der Waals surface area contributed by atoms with Crippen molar-refractivity contribution in [3.8, 4) is 0 Å². The lowest BCUT2D eigenvalue weighted by Crippen LogP contribution is -2.57. The number of piperazine rings is 1. The first kappa shape index (κ1) is 14.0. The van der Waals surface area contributed by atoms with Gasteiger partial charge in [-0.05, 0) is 26.0 Å². The fraction of sp³-hybridized carbons (Fsp3) is 0.538. The van der Waals surface area contributed by atoms with Gasteiger partial charge in [0.25, 0.3) is 5.91 Å². The van der Waals surface area contributed by atoms with Crippen LogP contribution in [0.25, 0.3) is 0 Å². The Morgan fingerprint density at radius 2 is 2.32 bits per heavy atom. The molecule has 1 unspecified atom stereocenters. The largest absolute Gasteiger partial charge is 0.464 e. The molecule has 1 atom stereocenters. The van der Waals surface area contributed by atoms with Crippen LogP contribution < -0.4 is 5.32 Å². The molecule has 0 radical (unpaired) electrons. The average Bonchev–Trinajstić information content (AvgIpc) is 2.85. The van der Waals surface area contributed by atoms with E-state index in [2.05, 4.69) is 5.32 Å². The normalized spacial score (nSPS) is 19.3. The zero-order valence-corrected chi connectivity index (χ0v) is 12.0. The van der Waals surface area contributed by atoms with Crippen molar-refractivity contribution in [3.05, 3.63) is 21.9 Å². The number of amides is 1. The molecule has 1 saturated heterocycles. The maximum atomic E-state index is 12.4. The first-order valence-electron chi connectivity index (χ1n) is 6.38. The Balaban J connectivity index is 2.15. The van der Waals surface area contributed by atoms with Crippen LogP contribution in [0, 0.1) is 6.92 Å². The number of aryl methyl sites for hydroxylation is 1. The summed E-state index contributed by atoms with van der Waals surface area (Å²) >= 11 is 1.45. The zero-order chi connectivity index (χ0) is 13.8. The summed E-state index contributed by atoms with van der Waals surface area (Å²) in [5.41, 5.74) is 0. The number of esters is 1. The lowest BCUT2D eigenvalue weighted by Gasteiger charge is -2.34. The minimum atomic E-state index is -0.524. The molecule has 0 saturated carbocycles. The smallest absolute Gasteiger partial charge is 0.330 e. The predicted molar refractivity (Wildman–Crippen MR) is 73.4 cm³/mol. The van der Waals surface area contributed by atoms with Crippen molar-refractivity contribution in [2.75, 3.05) is 26.2 Å². The molecule has 1 fully saturated rings. The molecule has 0 bridgehead atoms. The SMILES string of the molecule is CCOC(=O)C1CNCCN1C(=O)c1ccc(C)s1. The Kier molecular flexibility index (Phi) is 4.55. The fourth-order valence-electron chi connectivity index (χ4n) is 2.09.